The van der Waals surface area contributed by atoms with E-state index in [0.717, 1.165) is 64.8 Å². The summed E-state index contributed by atoms with van der Waals surface area (Å²) < 4.78 is 34.2. The Morgan fingerprint density at radius 1 is 1.00 bits per heavy atom. The van der Waals surface area contributed by atoms with Gasteiger partial charge in [0.05, 0.1) is 17.5 Å². The lowest BCUT2D eigenvalue weighted by molar-refractivity contribution is -0.155. The second kappa shape index (κ2) is 13.6. The molecule has 3 aromatic carbocycles. The molecule has 0 aliphatic carbocycles. The van der Waals surface area contributed by atoms with Crippen LogP contribution in [0.3, 0.4) is 0 Å². The molecule has 1 saturated heterocycles. The van der Waals surface area contributed by atoms with Gasteiger partial charge < -0.3 is 14.2 Å². The van der Waals surface area contributed by atoms with E-state index in [0.29, 0.717) is 31.4 Å². The van der Waals surface area contributed by atoms with Crippen molar-refractivity contribution >= 4 is 28.0 Å². The first kappa shape index (κ1) is 30.5. The quantitative estimate of drug-likeness (QED) is 0.106. The molecule has 1 unspecified atom stereocenters. The molecule has 2 heterocycles. The number of allylic oxidation sites excluding steroid dienone is 1. The van der Waals surface area contributed by atoms with Crippen LogP contribution in [0.1, 0.15) is 89.1 Å². The molecule has 226 valence electrons. The maximum atomic E-state index is 15.3. The molecule has 43 heavy (non-hydrogen) atoms. The SMILES string of the molecule is CC/C(=C(/c1ccc(OCCCC(=O)OC(C)(C)C)cc1)c1ccc2c(c1)c(F)nn2C1CCCCO1)c1ccccc1. The molecule has 1 aromatic heterocycles. The largest absolute Gasteiger partial charge is 0.494 e. The minimum Gasteiger partial charge on any atom is -0.494 e. The second-order valence-electron chi connectivity index (χ2n) is 11.9. The number of carbonyl (C=O) groups excluding carboxylic acids is 1. The summed E-state index contributed by atoms with van der Waals surface area (Å²) in [7, 11) is 0. The van der Waals surface area contributed by atoms with Crippen LogP contribution >= 0.6 is 0 Å². The molecule has 0 spiro atoms. The summed E-state index contributed by atoms with van der Waals surface area (Å²) in [5.41, 5.74) is 5.49. The van der Waals surface area contributed by atoms with E-state index in [-0.39, 0.29) is 12.2 Å². The summed E-state index contributed by atoms with van der Waals surface area (Å²) in [5.74, 6) is 0.0121. The summed E-state index contributed by atoms with van der Waals surface area (Å²) >= 11 is 0. The van der Waals surface area contributed by atoms with Crippen molar-refractivity contribution in [3.05, 3.63) is 95.4 Å². The van der Waals surface area contributed by atoms with Crippen LogP contribution in [0.15, 0.2) is 72.8 Å². The molecule has 1 fully saturated rings. The van der Waals surface area contributed by atoms with Crippen molar-refractivity contribution in [1.29, 1.82) is 0 Å². The zero-order valence-corrected chi connectivity index (χ0v) is 25.6. The van der Waals surface area contributed by atoms with Gasteiger partial charge in [-0.3, -0.25) is 4.79 Å². The minimum atomic E-state index is -0.489. The molecule has 4 aromatic rings. The summed E-state index contributed by atoms with van der Waals surface area (Å²) in [4.78, 5) is 12.0. The minimum absolute atomic E-state index is 0.223. The van der Waals surface area contributed by atoms with E-state index >= 15 is 4.39 Å². The summed E-state index contributed by atoms with van der Waals surface area (Å²) in [6.45, 7) is 8.81. The number of ether oxygens (including phenoxy) is 3. The van der Waals surface area contributed by atoms with E-state index < -0.39 is 11.5 Å². The monoisotopic (exact) mass is 584 g/mol. The third kappa shape index (κ3) is 7.52. The highest BCUT2D eigenvalue weighted by Gasteiger charge is 2.23. The van der Waals surface area contributed by atoms with Crippen molar-refractivity contribution in [2.24, 2.45) is 0 Å². The summed E-state index contributed by atoms with van der Waals surface area (Å²) in [6.07, 6.45) is 4.31. The first-order chi connectivity index (χ1) is 20.7. The van der Waals surface area contributed by atoms with Gasteiger partial charge in [-0.05, 0) is 105 Å². The molecule has 1 atom stereocenters. The molecule has 0 saturated carbocycles. The number of rotatable bonds is 10. The lowest BCUT2D eigenvalue weighted by Crippen LogP contribution is -2.23. The molecule has 1 aliphatic heterocycles. The highest BCUT2D eigenvalue weighted by atomic mass is 19.1. The number of aromatic nitrogens is 2. The molecular formula is C36H41FN2O4. The first-order valence-electron chi connectivity index (χ1n) is 15.3. The van der Waals surface area contributed by atoms with E-state index in [9.17, 15) is 4.79 Å². The van der Waals surface area contributed by atoms with E-state index in [4.69, 9.17) is 14.2 Å². The predicted molar refractivity (Wildman–Crippen MR) is 168 cm³/mol. The smallest absolute Gasteiger partial charge is 0.306 e. The van der Waals surface area contributed by atoms with Crippen molar-refractivity contribution in [3.63, 3.8) is 0 Å². The molecule has 0 bridgehead atoms. The van der Waals surface area contributed by atoms with Crippen molar-refractivity contribution in [2.45, 2.75) is 78.0 Å². The Morgan fingerprint density at radius 3 is 2.42 bits per heavy atom. The average molecular weight is 585 g/mol. The Morgan fingerprint density at radius 2 is 1.74 bits per heavy atom. The normalized spacial score (nSPS) is 16.2. The Balaban J connectivity index is 1.44. The van der Waals surface area contributed by atoms with Gasteiger partial charge in [0.1, 0.15) is 11.4 Å². The average Bonchev–Trinajstić information content (AvgIpc) is 3.34. The number of esters is 1. The van der Waals surface area contributed by atoms with Crippen LogP contribution in [0.4, 0.5) is 4.39 Å². The van der Waals surface area contributed by atoms with E-state index in [2.05, 4.69) is 30.2 Å². The van der Waals surface area contributed by atoms with Gasteiger partial charge in [-0.25, -0.2) is 4.68 Å². The number of carbonyl (C=O) groups is 1. The van der Waals surface area contributed by atoms with Gasteiger partial charge in [0, 0.05) is 13.0 Å². The highest BCUT2D eigenvalue weighted by Crippen LogP contribution is 2.37. The number of nitrogens with zero attached hydrogens (tertiary/aromatic N) is 2. The Hall–Kier alpha value is -3.97. The Bertz CT molecular complexity index is 1560. The van der Waals surface area contributed by atoms with Crippen molar-refractivity contribution in [3.8, 4) is 5.75 Å². The Labute approximate surface area is 253 Å². The number of fused-ring (bicyclic) bond motifs is 1. The first-order valence-corrected chi connectivity index (χ1v) is 15.3. The highest BCUT2D eigenvalue weighted by molar-refractivity contribution is 6.00. The molecule has 1 aliphatic rings. The number of hydrogen-bond acceptors (Lipinski definition) is 5. The van der Waals surface area contributed by atoms with Gasteiger partial charge in [-0.15, -0.1) is 5.10 Å². The summed E-state index contributed by atoms with van der Waals surface area (Å²) in [6, 6.07) is 24.2. The third-order valence-corrected chi connectivity index (χ3v) is 7.51. The maximum Gasteiger partial charge on any atom is 0.306 e. The summed E-state index contributed by atoms with van der Waals surface area (Å²) in [5, 5.41) is 4.73. The van der Waals surface area contributed by atoms with Gasteiger partial charge >= 0.3 is 5.97 Å². The van der Waals surface area contributed by atoms with Crippen LogP contribution in [-0.4, -0.2) is 34.6 Å². The lowest BCUT2D eigenvalue weighted by Gasteiger charge is -2.23. The fourth-order valence-electron chi connectivity index (χ4n) is 5.59. The Kier molecular flexibility index (Phi) is 9.61. The number of halogens is 1. The van der Waals surface area contributed by atoms with E-state index in [1.807, 2.05) is 75.4 Å². The standard InChI is InChI=1S/C36H41FN2O4/c1-5-29(25-12-7-6-8-13-25)34(26-16-19-28(20-17-26)41-23-11-15-33(40)43-36(2,3)4)27-18-21-31-30(24-27)35(37)38-39(31)32-14-9-10-22-42-32/h6-8,12-13,16-21,24,32H,5,9-11,14-15,22-23H2,1-4H3/b34-29+. The van der Waals surface area contributed by atoms with Gasteiger partial charge in [0.25, 0.3) is 0 Å². The van der Waals surface area contributed by atoms with Crippen LogP contribution in [0, 0.1) is 5.95 Å². The van der Waals surface area contributed by atoms with Gasteiger partial charge in [0.15, 0.2) is 6.23 Å². The molecule has 7 heteroatoms. The van der Waals surface area contributed by atoms with Crippen LogP contribution in [-0.2, 0) is 14.3 Å². The van der Waals surface area contributed by atoms with Crippen molar-refractivity contribution < 1.29 is 23.4 Å². The van der Waals surface area contributed by atoms with Crippen LogP contribution < -0.4 is 4.74 Å². The van der Waals surface area contributed by atoms with E-state index in [1.165, 1.54) is 0 Å². The molecule has 6 nitrogen and oxygen atoms in total. The molecular weight excluding hydrogens is 543 g/mol. The van der Waals surface area contributed by atoms with Crippen molar-refractivity contribution in [2.75, 3.05) is 13.2 Å². The van der Waals surface area contributed by atoms with Crippen LogP contribution in [0.2, 0.25) is 0 Å². The number of hydrogen-bond donors (Lipinski definition) is 0. The van der Waals surface area contributed by atoms with Crippen LogP contribution in [0.5, 0.6) is 5.75 Å². The fourth-order valence-corrected chi connectivity index (χ4v) is 5.59. The molecule has 0 radical (unpaired) electrons. The second-order valence-corrected chi connectivity index (χ2v) is 11.9. The van der Waals surface area contributed by atoms with Gasteiger partial charge in [-0.1, -0.05) is 55.5 Å². The topological polar surface area (TPSA) is 62.6 Å². The lowest BCUT2D eigenvalue weighted by atomic mass is 9.88. The fraction of sp³-hybridized carbons (Fsp3) is 0.389. The molecule has 0 N–H and O–H groups in total. The maximum absolute atomic E-state index is 15.3. The molecule has 5 rings (SSSR count). The van der Waals surface area contributed by atoms with Gasteiger partial charge in [-0.2, -0.15) is 4.39 Å². The predicted octanol–water partition coefficient (Wildman–Crippen LogP) is 8.74. The van der Waals surface area contributed by atoms with E-state index in [1.54, 1.807) is 4.68 Å². The van der Waals surface area contributed by atoms with Gasteiger partial charge in [0.2, 0.25) is 5.95 Å². The third-order valence-electron chi connectivity index (χ3n) is 7.51. The molecule has 0 amide bonds. The van der Waals surface area contributed by atoms with Crippen LogP contribution in [0.25, 0.3) is 22.0 Å². The zero-order valence-electron chi connectivity index (χ0n) is 25.6. The zero-order chi connectivity index (χ0) is 30.4. The number of benzene rings is 3. The van der Waals surface area contributed by atoms with Crippen molar-refractivity contribution in [1.82, 2.24) is 9.78 Å².